The third-order valence-corrected chi connectivity index (χ3v) is 16.8. The number of carbonyl (C=O) groups is 3. The van der Waals surface area contributed by atoms with Crippen molar-refractivity contribution in [3.63, 3.8) is 0 Å². The number of hydrogen-bond donors (Lipinski definition) is 0. The van der Waals surface area contributed by atoms with Gasteiger partial charge in [-0.3, -0.25) is 14.4 Å². The summed E-state index contributed by atoms with van der Waals surface area (Å²) in [7, 11) is 0. The maximum Gasteiger partial charge on any atom is 0.306 e. The van der Waals surface area contributed by atoms with E-state index in [0.29, 0.717) is 19.3 Å². The highest BCUT2D eigenvalue weighted by Gasteiger charge is 2.19. The third-order valence-electron chi connectivity index (χ3n) is 16.8. The Labute approximate surface area is 518 Å². The summed E-state index contributed by atoms with van der Waals surface area (Å²) < 4.78 is 17.0. The van der Waals surface area contributed by atoms with E-state index in [1.165, 1.54) is 289 Å². The van der Waals surface area contributed by atoms with E-state index in [-0.39, 0.29) is 31.1 Å². The van der Waals surface area contributed by atoms with E-state index in [4.69, 9.17) is 14.2 Å². The molecule has 0 aromatic carbocycles. The van der Waals surface area contributed by atoms with Crippen LogP contribution in [0.4, 0.5) is 0 Å². The number of esters is 3. The molecule has 0 aliphatic carbocycles. The standard InChI is InChI=1S/C77H142O6/c1-4-7-10-13-16-19-22-25-28-30-31-32-33-34-35-36-37-38-39-40-41-42-43-44-45-46-47-48-50-52-55-58-61-64-67-70-76(79)82-73-74(72-81-75(78)69-66-63-60-57-54-51-27-24-21-18-15-12-9-6-3)83-77(80)71-68-65-62-59-56-53-49-29-26-23-20-17-14-11-8-5-2/h22,24-25,27,29-31,49,74H,4-21,23,26,28,32-48,50-73H2,1-3H3/b25-22-,27-24-,31-30-,49-29-. The van der Waals surface area contributed by atoms with Gasteiger partial charge in [-0.2, -0.15) is 0 Å². The van der Waals surface area contributed by atoms with Crippen LogP contribution in [0.25, 0.3) is 0 Å². The minimum Gasteiger partial charge on any atom is -0.462 e. The molecule has 0 aromatic heterocycles. The molecule has 0 spiro atoms. The Hall–Kier alpha value is -2.63. The predicted octanol–water partition coefficient (Wildman–Crippen LogP) is 25.7. The first-order valence-electron chi connectivity index (χ1n) is 37.1. The van der Waals surface area contributed by atoms with Gasteiger partial charge in [0.1, 0.15) is 13.2 Å². The number of unbranched alkanes of at least 4 members (excludes halogenated alkanes) is 50. The van der Waals surface area contributed by atoms with Gasteiger partial charge in [0.25, 0.3) is 0 Å². The molecule has 83 heavy (non-hydrogen) atoms. The number of rotatable bonds is 69. The first-order valence-corrected chi connectivity index (χ1v) is 37.1. The lowest BCUT2D eigenvalue weighted by molar-refractivity contribution is -0.167. The smallest absolute Gasteiger partial charge is 0.306 e. The van der Waals surface area contributed by atoms with Crippen molar-refractivity contribution in [2.45, 2.75) is 412 Å². The number of ether oxygens (including phenoxy) is 3. The Morgan fingerprint density at radius 2 is 0.434 bits per heavy atom. The van der Waals surface area contributed by atoms with Crippen LogP contribution in [0.2, 0.25) is 0 Å². The molecule has 0 aliphatic heterocycles. The first-order chi connectivity index (χ1) is 41.0. The van der Waals surface area contributed by atoms with Gasteiger partial charge in [-0.15, -0.1) is 0 Å². The van der Waals surface area contributed by atoms with E-state index in [0.717, 1.165) is 77.0 Å². The Morgan fingerprint density at radius 3 is 0.675 bits per heavy atom. The van der Waals surface area contributed by atoms with Crippen molar-refractivity contribution in [2.24, 2.45) is 0 Å². The van der Waals surface area contributed by atoms with Crippen LogP contribution in [0.5, 0.6) is 0 Å². The zero-order valence-electron chi connectivity index (χ0n) is 56.0. The largest absolute Gasteiger partial charge is 0.462 e. The normalized spacial score (nSPS) is 12.3. The molecule has 0 amide bonds. The molecule has 0 bridgehead atoms. The van der Waals surface area contributed by atoms with Crippen LogP contribution in [0.3, 0.4) is 0 Å². The van der Waals surface area contributed by atoms with Crippen LogP contribution >= 0.6 is 0 Å². The van der Waals surface area contributed by atoms with Crippen LogP contribution in [0, 0.1) is 0 Å². The van der Waals surface area contributed by atoms with Gasteiger partial charge < -0.3 is 14.2 Å². The molecule has 486 valence electrons. The predicted molar refractivity (Wildman–Crippen MR) is 362 cm³/mol. The molecule has 0 radical (unpaired) electrons. The van der Waals surface area contributed by atoms with Crippen molar-refractivity contribution >= 4 is 17.9 Å². The van der Waals surface area contributed by atoms with Gasteiger partial charge in [-0.05, 0) is 103 Å². The van der Waals surface area contributed by atoms with E-state index < -0.39 is 6.10 Å². The van der Waals surface area contributed by atoms with Crippen LogP contribution in [-0.4, -0.2) is 37.2 Å². The molecule has 0 fully saturated rings. The summed E-state index contributed by atoms with van der Waals surface area (Å²) in [6.07, 6.45) is 91.7. The second-order valence-corrected chi connectivity index (χ2v) is 25.2. The molecule has 0 aromatic rings. The molecule has 6 nitrogen and oxygen atoms in total. The van der Waals surface area contributed by atoms with Crippen molar-refractivity contribution < 1.29 is 28.6 Å². The molecule has 1 unspecified atom stereocenters. The second kappa shape index (κ2) is 71.8. The molecule has 0 saturated heterocycles. The number of hydrogen-bond acceptors (Lipinski definition) is 6. The fourth-order valence-electron chi connectivity index (χ4n) is 11.2. The highest BCUT2D eigenvalue weighted by Crippen LogP contribution is 2.18. The minimum atomic E-state index is -0.779. The summed E-state index contributed by atoms with van der Waals surface area (Å²) in [6, 6.07) is 0. The van der Waals surface area contributed by atoms with Gasteiger partial charge in [-0.25, -0.2) is 0 Å². The average molecular weight is 1160 g/mol. The van der Waals surface area contributed by atoms with Gasteiger partial charge in [0, 0.05) is 19.3 Å². The van der Waals surface area contributed by atoms with Gasteiger partial charge in [-0.1, -0.05) is 333 Å². The molecule has 0 N–H and O–H groups in total. The molecule has 1 atom stereocenters. The zero-order chi connectivity index (χ0) is 59.9. The summed E-state index contributed by atoms with van der Waals surface area (Å²) in [5.74, 6) is -0.866. The van der Waals surface area contributed by atoms with Crippen molar-refractivity contribution in [2.75, 3.05) is 13.2 Å². The van der Waals surface area contributed by atoms with Crippen molar-refractivity contribution in [1.82, 2.24) is 0 Å². The summed E-state index contributed by atoms with van der Waals surface area (Å²) in [4.78, 5) is 38.4. The quantitative estimate of drug-likeness (QED) is 0.0261. The molecule has 0 aliphatic rings. The molecule has 0 heterocycles. The fourth-order valence-corrected chi connectivity index (χ4v) is 11.2. The summed E-state index contributed by atoms with van der Waals surface area (Å²) >= 11 is 0. The van der Waals surface area contributed by atoms with Crippen molar-refractivity contribution in [3.05, 3.63) is 48.6 Å². The summed E-state index contributed by atoms with van der Waals surface area (Å²) in [5, 5.41) is 0. The van der Waals surface area contributed by atoms with Gasteiger partial charge in [0.05, 0.1) is 0 Å². The van der Waals surface area contributed by atoms with Crippen LogP contribution in [-0.2, 0) is 28.6 Å². The lowest BCUT2D eigenvalue weighted by Gasteiger charge is -2.18. The average Bonchev–Trinajstić information content (AvgIpc) is 3.49. The van der Waals surface area contributed by atoms with Gasteiger partial charge >= 0.3 is 17.9 Å². The Kier molecular flexibility index (Phi) is 69.6. The maximum atomic E-state index is 12.9. The Bertz CT molecular complexity index is 1430. The fraction of sp³-hybridized carbons (Fsp3) is 0.857. The highest BCUT2D eigenvalue weighted by atomic mass is 16.6. The molecular formula is C77H142O6. The molecule has 0 rings (SSSR count). The topological polar surface area (TPSA) is 78.9 Å². The minimum absolute atomic E-state index is 0.0742. The van der Waals surface area contributed by atoms with E-state index in [2.05, 4.69) is 69.4 Å². The maximum absolute atomic E-state index is 12.9. The van der Waals surface area contributed by atoms with E-state index in [1.807, 2.05) is 0 Å². The molecule has 0 saturated carbocycles. The van der Waals surface area contributed by atoms with E-state index >= 15 is 0 Å². The van der Waals surface area contributed by atoms with Crippen molar-refractivity contribution in [1.29, 1.82) is 0 Å². The summed E-state index contributed by atoms with van der Waals surface area (Å²) in [6.45, 7) is 6.67. The van der Waals surface area contributed by atoms with Crippen LogP contribution in [0.15, 0.2) is 48.6 Å². The molecular weight excluding hydrogens is 1020 g/mol. The number of carbonyl (C=O) groups excluding carboxylic acids is 3. The lowest BCUT2D eigenvalue weighted by Crippen LogP contribution is -2.30. The third kappa shape index (κ3) is 70.0. The summed E-state index contributed by atoms with van der Waals surface area (Å²) in [5.41, 5.74) is 0. The lowest BCUT2D eigenvalue weighted by atomic mass is 10.0. The van der Waals surface area contributed by atoms with Crippen LogP contribution in [0.1, 0.15) is 406 Å². The van der Waals surface area contributed by atoms with Crippen LogP contribution < -0.4 is 0 Å². The second-order valence-electron chi connectivity index (χ2n) is 25.2. The van der Waals surface area contributed by atoms with Gasteiger partial charge in [0.15, 0.2) is 6.10 Å². The zero-order valence-corrected chi connectivity index (χ0v) is 56.0. The monoisotopic (exact) mass is 1160 g/mol. The Balaban J connectivity index is 4.09. The highest BCUT2D eigenvalue weighted by molar-refractivity contribution is 5.71. The Morgan fingerprint density at radius 1 is 0.241 bits per heavy atom. The SMILES string of the molecule is CCCCCCC/C=C\C/C=C\CCCCCCCCCCCCCCCCCCCCCCCCCC(=O)OCC(COC(=O)CCCCCCC/C=C\CCCCCCC)OC(=O)CCCCCCC/C=C\CCCCCCCCC. The van der Waals surface area contributed by atoms with E-state index in [1.54, 1.807) is 0 Å². The first kappa shape index (κ1) is 80.4. The molecule has 6 heteroatoms. The van der Waals surface area contributed by atoms with E-state index in [9.17, 15) is 14.4 Å². The number of allylic oxidation sites excluding steroid dienone is 8. The van der Waals surface area contributed by atoms with Gasteiger partial charge in [0.2, 0.25) is 0 Å². The van der Waals surface area contributed by atoms with Crippen molar-refractivity contribution in [3.8, 4) is 0 Å².